The van der Waals surface area contributed by atoms with Crippen molar-refractivity contribution in [3.05, 3.63) is 82.3 Å². The lowest BCUT2D eigenvalue weighted by molar-refractivity contribution is 0.242. The zero-order valence-electron chi connectivity index (χ0n) is 21.8. The standard InChI is InChI=1S/C27H31F2N5O4S/c1-19(20-6-4-3-5-7-20)31-39(36,37)33-12-10-32(11-13-33)24-17-30-34(23-15-21(28)14-22(29)16-23)26(35)25(24)38-18-27(2)8-9-27/h3-7,14-17,19,31H,8-13,18H2,1-2H3. The van der Waals surface area contributed by atoms with Gasteiger partial charge in [0.05, 0.1) is 18.5 Å². The molecule has 208 valence electrons. The summed E-state index contributed by atoms with van der Waals surface area (Å²) >= 11 is 0. The summed E-state index contributed by atoms with van der Waals surface area (Å²) in [6.07, 6.45) is 3.37. The monoisotopic (exact) mass is 559 g/mol. The van der Waals surface area contributed by atoms with Gasteiger partial charge in [0, 0.05) is 43.7 Å². The second-order valence-corrected chi connectivity index (χ2v) is 12.1. The summed E-state index contributed by atoms with van der Waals surface area (Å²) in [6, 6.07) is 11.7. The molecule has 2 heterocycles. The van der Waals surface area contributed by atoms with E-state index in [1.807, 2.05) is 35.2 Å². The van der Waals surface area contributed by atoms with Crippen molar-refractivity contribution in [3.63, 3.8) is 0 Å². The predicted molar refractivity (Wildman–Crippen MR) is 143 cm³/mol. The van der Waals surface area contributed by atoms with E-state index in [4.69, 9.17) is 4.74 Å². The first-order chi connectivity index (χ1) is 18.5. The van der Waals surface area contributed by atoms with Crippen LogP contribution in [0.5, 0.6) is 5.75 Å². The van der Waals surface area contributed by atoms with Crippen molar-refractivity contribution in [2.75, 3.05) is 37.7 Å². The molecule has 0 spiro atoms. The maximum Gasteiger partial charge on any atom is 0.316 e. The minimum atomic E-state index is -3.75. The number of benzene rings is 2. The second kappa shape index (κ2) is 10.7. The molecule has 0 amide bonds. The van der Waals surface area contributed by atoms with Crippen LogP contribution in [0.15, 0.2) is 59.5 Å². The summed E-state index contributed by atoms with van der Waals surface area (Å²) in [7, 11) is -3.75. The van der Waals surface area contributed by atoms with Crippen molar-refractivity contribution in [3.8, 4) is 11.4 Å². The molecule has 39 heavy (non-hydrogen) atoms. The highest BCUT2D eigenvalue weighted by Crippen LogP contribution is 2.45. The Balaban J connectivity index is 1.36. The summed E-state index contributed by atoms with van der Waals surface area (Å²) in [5.41, 5.74) is 0.545. The molecule has 3 aromatic rings. The van der Waals surface area contributed by atoms with Crippen LogP contribution in [0.25, 0.3) is 5.69 Å². The van der Waals surface area contributed by atoms with Gasteiger partial charge in [-0.05, 0) is 37.5 Å². The number of ether oxygens (including phenoxy) is 1. The number of hydrogen-bond acceptors (Lipinski definition) is 6. The molecule has 5 rings (SSSR count). The molecule has 12 heteroatoms. The number of aromatic nitrogens is 2. The molecule has 2 aliphatic rings. The van der Waals surface area contributed by atoms with Gasteiger partial charge in [0.2, 0.25) is 5.75 Å². The van der Waals surface area contributed by atoms with Gasteiger partial charge in [-0.25, -0.2) is 8.78 Å². The quantitative estimate of drug-likeness (QED) is 0.432. The van der Waals surface area contributed by atoms with Crippen molar-refractivity contribution in [1.29, 1.82) is 0 Å². The molecular weight excluding hydrogens is 528 g/mol. The normalized spacial score (nSPS) is 18.1. The lowest BCUT2D eigenvalue weighted by Gasteiger charge is -2.36. The Kier molecular flexibility index (Phi) is 7.45. The number of nitrogens with zero attached hydrogens (tertiary/aromatic N) is 4. The van der Waals surface area contributed by atoms with Crippen molar-refractivity contribution >= 4 is 15.9 Å². The van der Waals surface area contributed by atoms with Crippen LogP contribution in [0.4, 0.5) is 14.5 Å². The van der Waals surface area contributed by atoms with Crippen molar-refractivity contribution in [2.45, 2.75) is 32.7 Å². The molecule has 1 atom stereocenters. The zero-order valence-corrected chi connectivity index (χ0v) is 22.6. The Bertz CT molecular complexity index is 1480. The lowest BCUT2D eigenvalue weighted by Crippen LogP contribution is -2.52. The highest BCUT2D eigenvalue weighted by atomic mass is 32.2. The van der Waals surface area contributed by atoms with Crippen LogP contribution in [0.2, 0.25) is 0 Å². The molecule has 1 aromatic heterocycles. The van der Waals surface area contributed by atoms with Gasteiger partial charge in [0.25, 0.3) is 10.2 Å². The van der Waals surface area contributed by atoms with E-state index in [1.165, 1.54) is 10.5 Å². The van der Waals surface area contributed by atoms with Crippen LogP contribution in [-0.4, -0.2) is 55.3 Å². The van der Waals surface area contributed by atoms with Crippen LogP contribution in [-0.2, 0) is 10.2 Å². The highest BCUT2D eigenvalue weighted by molar-refractivity contribution is 7.87. The number of hydrogen-bond donors (Lipinski definition) is 1. The van der Waals surface area contributed by atoms with E-state index < -0.39 is 33.4 Å². The van der Waals surface area contributed by atoms with Gasteiger partial charge in [-0.2, -0.15) is 27.2 Å². The molecule has 0 bridgehead atoms. The van der Waals surface area contributed by atoms with Crippen LogP contribution in [0.1, 0.15) is 38.3 Å². The number of nitrogens with one attached hydrogen (secondary N) is 1. The topological polar surface area (TPSA) is 96.8 Å². The van der Waals surface area contributed by atoms with Gasteiger partial charge >= 0.3 is 5.56 Å². The third kappa shape index (κ3) is 6.13. The maximum absolute atomic E-state index is 13.9. The summed E-state index contributed by atoms with van der Waals surface area (Å²) in [4.78, 5) is 15.3. The first kappa shape index (κ1) is 27.2. The van der Waals surface area contributed by atoms with E-state index in [9.17, 15) is 22.0 Å². The molecule has 1 saturated heterocycles. The minimum absolute atomic E-state index is 0.0231. The van der Waals surface area contributed by atoms with Crippen molar-refractivity contribution in [2.24, 2.45) is 5.41 Å². The molecule has 2 aromatic carbocycles. The molecule has 9 nitrogen and oxygen atoms in total. The largest absolute Gasteiger partial charge is 0.486 e. The van der Waals surface area contributed by atoms with Crippen molar-refractivity contribution in [1.82, 2.24) is 18.8 Å². The van der Waals surface area contributed by atoms with Crippen LogP contribution < -0.4 is 19.9 Å². The predicted octanol–water partition coefficient (Wildman–Crippen LogP) is 3.41. The summed E-state index contributed by atoms with van der Waals surface area (Å²) in [6.45, 7) is 5.13. The fraction of sp³-hybridized carbons (Fsp3) is 0.407. The third-order valence-electron chi connectivity index (χ3n) is 7.22. The number of rotatable bonds is 9. The Hall–Kier alpha value is -3.35. The summed E-state index contributed by atoms with van der Waals surface area (Å²) in [5, 5.41) is 4.17. The molecular formula is C27H31F2N5O4S. The van der Waals surface area contributed by atoms with Gasteiger partial charge in [0.15, 0.2) is 0 Å². The van der Waals surface area contributed by atoms with Crippen LogP contribution in [0, 0.1) is 17.0 Å². The summed E-state index contributed by atoms with van der Waals surface area (Å²) < 4.78 is 64.9. The molecule has 0 radical (unpaired) electrons. The van der Waals surface area contributed by atoms with E-state index in [0.29, 0.717) is 25.4 Å². The fourth-order valence-electron chi connectivity index (χ4n) is 4.52. The van der Waals surface area contributed by atoms with Crippen molar-refractivity contribution < 1.29 is 21.9 Å². The Labute approximate surface area is 226 Å². The smallest absolute Gasteiger partial charge is 0.316 e. The molecule has 1 aliphatic heterocycles. The second-order valence-electron chi connectivity index (χ2n) is 10.4. The molecule has 1 N–H and O–H groups in total. The fourth-order valence-corrected chi connectivity index (χ4v) is 5.89. The zero-order chi connectivity index (χ0) is 27.8. The average Bonchev–Trinajstić information content (AvgIpc) is 3.64. The van der Waals surface area contributed by atoms with E-state index in [1.54, 1.807) is 6.92 Å². The Morgan fingerprint density at radius 1 is 1.05 bits per heavy atom. The number of piperazine rings is 1. The average molecular weight is 560 g/mol. The minimum Gasteiger partial charge on any atom is -0.486 e. The first-order valence-corrected chi connectivity index (χ1v) is 14.3. The SMILES string of the molecule is CC(NS(=O)(=O)N1CCN(c2cnn(-c3cc(F)cc(F)c3)c(=O)c2OCC2(C)CC2)CC1)c1ccccc1. The Morgan fingerprint density at radius 3 is 2.31 bits per heavy atom. The summed E-state index contributed by atoms with van der Waals surface area (Å²) in [5.74, 6) is -1.64. The van der Waals surface area contributed by atoms with Gasteiger partial charge in [-0.15, -0.1) is 0 Å². The van der Waals surface area contributed by atoms with Gasteiger partial charge in [-0.3, -0.25) is 4.79 Å². The lowest BCUT2D eigenvalue weighted by atomic mass is 10.1. The van der Waals surface area contributed by atoms with Crippen LogP contribution in [0.3, 0.4) is 0 Å². The maximum atomic E-state index is 13.9. The van der Waals surface area contributed by atoms with Gasteiger partial charge in [-0.1, -0.05) is 37.3 Å². The molecule has 2 fully saturated rings. The molecule has 1 aliphatic carbocycles. The van der Waals surface area contributed by atoms with E-state index in [0.717, 1.165) is 41.3 Å². The third-order valence-corrected chi connectivity index (χ3v) is 8.92. The molecule has 1 saturated carbocycles. The van der Waals surface area contributed by atoms with E-state index >= 15 is 0 Å². The first-order valence-electron chi connectivity index (χ1n) is 12.8. The van der Waals surface area contributed by atoms with E-state index in [2.05, 4.69) is 16.7 Å². The van der Waals surface area contributed by atoms with E-state index in [-0.39, 0.29) is 29.9 Å². The highest BCUT2D eigenvalue weighted by Gasteiger charge is 2.39. The van der Waals surface area contributed by atoms with Gasteiger partial charge in [0.1, 0.15) is 17.3 Å². The van der Waals surface area contributed by atoms with Gasteiger partial charge < -0.3 is 9.64 Å². The number of anilines is 1. The Morgan fingerprint density at radius 2 is 1.69 bits per heavy atom. The van der Waals surface area contributed by atoms with Crippen LogP contribution >= 0.6 is 0 Å². The molecule has 1 unspecified atom stereocenters. The number of halogens is 2.